The Balaban J connectivity index is 1.83. The predicted octanol–water partition coefficient (Wildman–Crippen LogP) is 0.476. The Bertz CT molecular complexity index is 372. The SMILES string of the molecule is Cn1ccnc1C1(O)CCN(C2CC2)C1. The van der Waals surface area contributed by atoms with Crippen LogP contribution < -0.4 is 0 Å². The zero-order valence-electron chi connectivity index (χ0n) is 9.06. The maximum absolute atomic E-state index is 10.6. The maximum atomic E-state index is 10.6. The minimum absolute atomic E-state index is 0.721. The molecule has 1 atom stereocenters. The highest BCUT2D eigenvalue weighted by Gasteiger charge is 2.44. The second-order valence-corrected chi connectivity index (χ2v) is 4.84. The summed E-state index contributed by atoms with van der Waals surface area (Å²) in [5.74, 6) is 0.811. The van der Waals surface area contributed by atoms with Crippen LogP contribution >= 0.6 is 0 Å². The summed E-state index contributed by atoms with van der Waals surface area (Å²) in [6.45, 7) is 1.76. The number of β-amino-alcohol motifs (C(OH)–C–C–N with tert-alkyl or cyclic N) is 1. The van der Waals surface area contributed by atoms with Crippen molar-refractivity contribution in [3.8, 4) is 0 Å². The fraction of sp³-hybridized carbons (Fsp3) is 0.727. The van der Waals surface area contributed by atoms with E-state index in [2.05, 4.69) is 9.88 Å². The Kier molecular flexibility index (Phi) is 1.91. The smallest absolute Gasteiger partial charge is 0.141 e. The van der Waals surface area contributed by atoms with E-state index in [0.29, 0.717) is 0 Å². The van der Waals surface area contributed by atoms with Gasteiger partial charge >= 0.3 is 0 Å². The molecule has 0 bridgehead atoms. The molecule has 2 fully saturated rings. The summed E-state index contributed by atoms with van der Waals surface area (Å²) in [6, 6.07) is 0.735. The molecule has 1 aliphatic carbocycles. The van der Waals surface area contributed by atoms with Crippen molar-refractivity contribution in [3.05, 3.63) is 18.2 Å². The van der Waals surface area contributed by atoms with Crippen molar-refractivity contribution in [1.29, 1.82) is 0 Å². The number of imidazole rings is 1. The van der Waals surface area contributed by atoms with Crippen LogP contribution in [0.5, 0.6) is 0 Å². The van der Waals surface area contributed by atoms with E-state index < -0.39 is 5.60 Å². The molecule has 1 aromatic heterocycles. The van der Waals surface area contributed by atoms with Crippen LogP contribution in [0.1, 0.15) is 25.1 Å². The number of nitrogens with zero attached hydrogens (tertiary/aromatic N) is 3. The van der Waals surface area contributed by atoms with Crippen LogP contribution in [0, 0.1) is 0 Å². The van der Waals surface area contributed by atoms with Gasteiger partial charge in [-0.25, -0.2) is 4.98 Å². The van der Waals surface area contributed by atoms with Crippen LogP contribution in [-0.2, 0) is 12.6 Å². The summed E-state index contributed by atoms with van der Waals surface area (Å²) < 4.78 is 1.93. The van der Waals surface area contributed by atoms with Crippen LogP contribution in [0.3, 0.4) is 0 Å². The van der Waals surface area contributed by atoms with Crippen LogP contribution in [0.4, 0.5) is 0 Å². The molecule has 0 spiro atoms. The lowest BCUT2D eigenvalue weighted by molar-refractivity contribution is 0.0336. The number of rotatable bonds is 2. The average molecular weight is 207 g/mol. The molecule has 4 heteroatoms. The van der Waals surface area contributed by atoms with Gasteiger partial charge in [0.2, 0.25) is 0 Å². The van der Waals surface area contributed by atoms with E-state index in [4.69, 9.17) is 0 Å². The number of hydrogen-bond donors (Lipinski definition) is 1. The average Bonchev–Trinajstić information content (AvgIpc) is 2.85. The molecule has 1 saturated heterocycles. The predicted molar refractivity (Wildman–Crippen MR) is 56.3 cm³/mol. The van der Waals surface area contributed by atoms with Gasteiger partial charge in [0, 0.05) is 38.6 Å². The summed E-state index contributed by atoms with van der Waals surface area (Å²) in [6.07, 6.45) is 7.07. The molecule has 15 heavy (non-hydrogen) atoms. The molecule has 82 valence electrons. The van der Waals surface area contributed by atoms with Gasteiger partial charge in [-0.3, -0.25) is 4.90 Å². The molecule has 1 N–H and O–H groups in total. The van der Waals surface area contributed by atoms with Crippen molar-refractivity contribution in [2.45, 2.75) is 30.9 Å². The topological polar surface area (TPSA) is 41.3 Å². The van der Waals surface area contributed by atoms with E-state index in [-0.39, 0.29) is 0 Å². The molecule has 2 aliphatic rings. The molecule has 0 aromatic carbocycles. The first-order valence-electron chi connectivity index (χ1n) is 5.63. The normalized spacial score (nSPS) is 32.4. The molecular formula is C11H17N3O. The van der Waals surface area contributed by atoms with E-state index in [1.807, 2.05) is 17.8 Å². The fourth-order valence-electron chi connectivity index (χ4n) is 2.57. The van der Waals surface area contributed by atoms with Gasteiger partial charge in [0.25, 0.3) is 0 Å². The Hall–Kier alpha value is -0.870. The van der Waals surface area contributed by atoms with Gasteiger partial charge in [-0.2, -0.15) is 0 Å². The minimum atomic E-state index is -0.721. The Morgan fingerprint density at radius 3 is 2.93 bits per heavy atom. The molecule has 4 nitrogen and oxygen atoms in total. The molecular weight excluding hydrogens is 190 g/mol. The Morgan fingerprint density at radius 2 is 2.33 bits per heavy atom. The van der Waals surface area contributed by atoms with Crippen molar-refractivity contribution in [3.63, 3.8) is 0 Å². The van der Waals surface area contributed by atoms with Gasteiger partial charge in [0.15, 0.2) is 0 Å². The lowest BCUT2D eigenvalue weighted by atomic mass is 10.0. The second kappa shape index (κ2) is 3.06. The highest BCUT2D eigenvalue weighted by molar-refractivity contribution is 5.10. The van der Waals surface area contributed by atoms with Crippen molar-refractivity contribution in [1.82, 2.24) is 14.5 Å². The van der Waals surface area contributed by atoms with Gasteiger partial charge in [-0.05, 0) is 19.3 Å². The number of aliphatic hydroxyl groups is 1. The quantitative estimate of drug-likeness (QED) is 0.766. The van der Waals surface area contributed by atoms with Gasteiger partial charge in [-0.15, -0.1) is 0 Å². The van der Waals surface area contributed by atoms with Crippen molar-refractivity contribution in [2.24, 2.45) is 7.05 Å². The van der Waals surface area contributed by atoms with Crippen molar-refractivity contribution >= 4 is 0 Å². The highest BCUT2D eigenvalue weighted by Crippen LogP contribution is 2.37. The summed E-state index contributed by atoms with van der Waals surface area (Å²) in [7, 11) is 1.94. The molecule has 3 rings (SSSR count). The first-order valence-corrected chi connectivity index (χ1v) is 5.63. The zero-order chi connectivity index (χ0) is 10.5. The molecule has 1 unspecified atom stereocenters. The largest absolute Gasteiger partial charge is 0.381 e. The minimum Gasteiger partial charge on any atom is -0.381 e. The molecule has 1 saturated carbocycles. The first kappa shape index (κ1) is 9.36. The molecule has 0 radical (unpaired) electrons. The van der Waals surface area contributed by atoms with Crippen LogP contribution in [-0.4, -0.2) is 38.7 Å². The van der Waals surface area contributed by atoms with Gasteiger partial charge < -0.3 is 9.67 Å². The van der Waals surface area contributed by atoms with E-state index in [1.165, 1.54) is 12.8 Å². The Labute approximate surface area is 89.5 Å². The van der Waals surface area contributed by atoms with Crippen LogP contribution in [0.25, 0.3) is 0 Å². The third-order valence-electron chi connectivity index (χ3n) is 3.58. The van der Waals surface area contributed by atoms with Crippen LogP contribution in [0.2, 0.25) is 0 Å². The van der Waals surface area contributed by atoms with Crippen LogP contribution in [0.15, 0.2) is 12.4 Å². The third kappa shape index (κ3) is 1.48. The zero-order valence-corrected chi connectivity index (χ0v) is 9.06. The first-order chi connectivity index (χ1) is 7.19. The van der Waals surface area contributed by atoms with Crippen molar-refractivity contribution < 1.29 is 5.11 Å². The monoisotopic (exact) mass is 207 g/mol. The maximum Gasteiger partial charge on any atom is 0.141 e. The highest BCUT2D eigenvalue weighted by atomic mass is 16.3. The van der Waals surface area contributed by atoms with E-state index in [1.54, 1.807) is 6.20 Å². The summed E-state index contributed by atoms with van der Waals surface area (Å²) in [4.78, 5) is 6.67. The lowest BCUT2D eigenvalue weighted by Gasteiger charge is -2.22. The summed E-state index contributed by atoms with van der Waals surface area (Å²) in [5, 5.41) is 10.6. The molecule has 0 amide bonds. The Morgan fingerprint density at radius 1 is 1.53 bits per heavy atom. The van der Waals surface area contributed by atoms with Gasteiger partial charge in [-0.1, -0.05) is 0 Å². The molecule has 1 aliphatic heterocycles. The van der Waals surface area contributed by atoms with E-state index >= 15 is 0 Å². The lowest BCUT2D eigenvalue weighted by Crippen LogP contribution is -2.34. The third-order valence-corrected chi connectivity index (χ3v) is 3.58. The second-order valence-electron chi connectivity index (χ2n) is 4.84. The molecule has 2 heterocycles. The van der Waals surface area contributed by atoms with Gasteiger partial charge in [0.1, 0.15) is 11.4 Å². The van der Waals surface area contributed by atoms with Gasteiger partial charge in [0.05, 0.1) is 0 Å². The number of aryl methyl sites for hydroxylation is 1. The van der Waals surface area contributed by atoms with Crippen molar-refractivity contribution in [2.75, 3.05) is 13.1 Å². The number of likely N-dealkylation sites (tertiary alicyclic amines) is 1. The fourth-order valence-corrected chi connectivity index (χ4v) is 2.57. The standard InChI is InChI=1S/C11H17N3O/c1-13-7-5-12-10(13)11(15)4-6-14(8-11)9-2-3-9/h5,7,9,15H,2-4,6,8H2,1H3. The van der Waals surface area contributed by atoms with E-state index in [9.17, 15) is 5.11 Å². The summed E-state index contributed by atoms with van der Waals surface area (Å²) >= 11 is 0. The molecule has 1 aromatic rings. The number of hydrogen-bond acceptors (Lipinski definition) is 3. The van der Waals surface area contributed by atoms with E-state index in [0.717, 1.165) is 31.4 Å². The summed E-state index contributed by atoms with van der Waals surface area (Å²) in [5.41, 5.74) is -0.721. The number of aromatic nitrogens is 2.